The number of likely N-dealkylation sites (N-methyl/N-ethyl adjacent to an activating group) is 2. The molecule has 0 aliphatic heterocycles. The lowest BCUT2D eigenvalue weighted by Crippen LogP contribution is -2.46. The molecule has 0 radical (unpaired) electrons. The summed E-state index contributed by atoms with van der Waals surface area (Å²) >= 11 is 0. The molecule has 1 rings (SSSR count). The summed E-state index contributed by atoms with van der Waals surface area (Å²) in [6.45, 7) is 0.453. The van der Waals surface area contributed by atoms with Crippen molar-refractivity contribution in [3.8, 4) is 0 Å². The number of rotatable bonds is 3. The summed E-state index contributed by atoms with van der Waals surface area (Å²) in [6.07, 6.45) is 3.39. The predicted molar refractivity (Wildman–Crippen MR) is 52.3 cm³/mol. The molecule has 4 heteroatoms. The molecule has 3 N–H and O–H groups in total. The van der Waals surface area contributed by atoms with Crippen molar-refractivity contribution in [2.24, 2.45) is 5.73 Å². The van der Waals surface area contributed by atoms with Crippen LogP contribution in [-0.4, -0.2) is 43.5 Å². The number of carbonyl (C=O) groups is 1. The molecule has 4 nitrogen and oxygen atoms in total. The standard InChI is InChI=1S/C9H19N3O/c1-11-9(13)6-12(2)8-5-3-4-7(8)10/h7-8H,3-6,10H2,1-2H3,(H,11,13). The molecule has 1 saturated carbocycles. The average Bonchev–Trinajstić information content (AvgIpc) is 2.51. The molecule has 2 atom stereocenters. The Balaban J connectivity index is 2.38. The normalized spacial score (nSPS) is 28.0. The summed E-state index contributed by atoms with van der Waals surface area (Å²) in [5, 5.41) is 2.61. The molecule has 1 amide bonds. The van der Waals surface area contributed by atoms with Crippen LogP contribution in [0.15, 0.2) is 0 Å². The van der Waals surface area contributed by atoms with Crippen molar-refractivity contribution < 1.29 is 4.79 Å². The Morgan fingerprint density at radius 2 is 2.31 bits per heavy atom. The molecular weight excluding hydrogens is 166 g/mol. The monoisotopic (exact) mass is 185 g/mol. The van der Waals surface area contributed by atoms with Gasteiger partial charge in [0.05, 0.1) is 6.54 Å². The number of hydrogen-bond donors (Lipinski definition) is 2. The van der Waals surface area contributed by atoms with Crippen molar-refractivity contribution in [3.05, 3.63) is 0 Å². The third-order valence-corrected chi connectivity index (χ3v) is 2.77. The van der Waals surface area contributed by atoms with Gasteiger partial charge in [0, 0.05) is 19.1 Å². The Bertz CT molecular complexity index is 184. The number of nitrogens with two attached hydrogens (primary N) is 1. The highest BCUT2D eigenvalue weighted by Gasteiger charge is 2.27. The molecule has 13 heavy (non-hydrogen) atoms. The lowest BCUT2D eigenvalue weighted by Gasteiger charge is -2.26. The van der Waals surface area contributed by atoms with Gasteiger partial charge in [-0.15, -0.1) is 0 Å². The van der Waals surface area contributed by atoms with Crippen LogP contribution < -0.4 is 11.1 Å². The fourth-order valence-corrected chi connectivity index (χ4v) is 1.94. The molecule has 1 aliphatic rings. The summed E-state index contributed by atoms with van der Waals surface area (Å²) < 4.78 is 0. The fourth-order valence-electron chi connectivity index (χ4n) is 1.94. The molecule has 0 aromatic heterocycles. The average molecular weight is 185 g/mol. The first-order valence-corrected chi connectivity index (χ1v) is 4.81. The van der Waals surface area contributed by atoms with E-state index in [1.807, 2.05) is 7.05 Å². The Morgan fingerprint density at radius 3 is 2.77 bits per heavy atom. The van der Waals surface area contributed by atoms with E-state index in [9.17, 15) is 4.79 Å². The van der Waals surface area contributed by atoms with Crippen molar-refractivity contribution in [1.29, 1.82) is 0 Å². The minimum atomic E-state index is 0.0570. The van der Waals surface area contributed by atoms with Crippen LogP contribution in [0.3, 0.4) is 0 Å². The number of amides is 1. The van der Waals surface area contributed by atoms with Gasteiger partial charge in [-0.1, -0.05) is 6.42 Å². The molecule has 0 bridgehead atoms. The van der Waals surface area contributed by atoms with Crippen LogP contribution >= 0.6 is 0 Å². The summed E-state index contributed by atoms with van der Waals surface area (Å²) in [6, 6.07) is 0.631. The van der Waals surface area contributed by atoms with Crippen molar-refractivity contribution in [2.45, 2.75) is 31.3 Å². The van der Waals surface area contributed by atoms with E-state index in [1.54, 1.807) is 7.05 Å². The zero-order chi connectivity index (χ0) is 9.84. The Labute approximate surface area is 79.5 Å². The van der Waals surface area contributed by atoms with Gasteiger partial charge in [-0.3, -0.25) is 9.69 Å². The molecular formula is C9H19N3O. The highest BCUT2D eigenvalue weighted by molar-refractivity contribution is 5.77. The van der Waals surface area contributed by atoms with E-state index in [-0.39, 0.29) is 11.9 Å². The number of hydrogen-bond acceptors (Lipinski definition) is 3. The Hall–Kier alpha value is -0.610. The van der Waals surface area contributed by atoms with Crippen LogP contribution in [0.4, 0.5) is 0 Å². The third-order valence-electron chi connectivity index (χ3n) is 2.77. The summed E-state index contributed by atoms with van der Waals surface area (Å²) in [5.41, 5.74) is 5.92. The fraction of sp³-hybridized carbons (Fsp3) is 0.889. The molecule has 1 aliphatic carbocycles. The Kier molecular flexibility index (Phi) is 3.69. The quantitative estimate of drug-likeness (QED) is 0.626. The van der Waals surface area contributed by atoms with E-state index in [4.69, 9.17) is 5.73 Å². The van der Waals surface area contributed by atoms with Crippen LogP contribution in [0.5, 0.6) is 0 Å². The van der Waals surface area contributed by atoms with Gasteiger partial charge in [0.1, 0.15) is 0 Å². The van der Waals surface area contributed by atoms with Crippen LogP contribution in [0, 0.1) is 0 Å². The SMILES string of the molecule is CNC(=O)CN(C)C1CCCC1N. The van der Waals surface area contributed by atoms with E-state index < -0.39 is 0 Å². The first-order valence-electron chi connectivity index (χ1n) is 4.81. The van der Waals surface area contributed by atoms with Crippen molar-refractivity contribution in [2.75, 3.05) is 20.6 Å². The molecule has 0 saturated heterocycles. The number of nitrogens with zero attached hydrogens (tertiary/aromatic N) is 1. The number of nitrogens with one attached hydrogen (secondary N) is 1. The second-order valence-corrected chi connectivity index (χ2v) is 3.75. The zero-order valence-corrected chi connectivity index (χ0v) is 8.42. The lowest BCUT2D eigenvalue weighted by atomic mass is 10.1. The summed E-state index contributed by atoms with van der Waals surface area (Å²) in [4.78, 5) is 13.1. The van der Waals surface area contributed by atoms with E-state index in [0.717, 1.165) is 12.8 Å². The van der Waals surface area contributed by atoms with Gasteiger partial charge in [-0.25, -0.2) is 0 Å². The van der Waals surface area contributed by atoms with Crippen LogP contribution in [-0.2, 0) is 4.79 Å². The molecule has 0 aromatic carbocycles. The minimum Gasteiger partial charge on any atom is -0.358 e. The van der Waals surface area contributed by atoms with Gasteiger partial charge in [-0.05, 0) is 19.9 Å². The summed E-state index contributed by atoms with van der Waals surface area (Å²) in [5.74, 6) is 0.0570. The van der Waals surface area contributed by atoms with Crippen molar-refractivity contribution in [1.82, 2.24) is 10.2 Å². The smallest absolute Gasteiger partial charge is 0.233 e. The summed E-state index contributed by atoms with van der Waals surface area (Å²) in [7, 11) is 3.62. The maximum absolute atomic E-state index is 11.1. The molecule has 1 fully saturated rings. The molecule has 2 unspecified atom stereocenters. The highest BCUT2D eigenvalue weighted by atomic mass is 16.1. The van der Waals surface area contributed by atoms with Crippen LogP contribution in [0.2, 0.25) is 0 Å². The van der Waals surface area contributed by atoms with E-state index in [0.29, 0.717) is 12.6 Å². The topological polar surface area (TPSA) is 58.4 Å². The van der Waals surface area contributed by atoms with Crippen LogP contribution in [0.1, 0.15) is 19.3 Å². The van der Waals surface area contributed by atoms with Gasteiger partial charge in [-0.2, -0.15) is 0 Å². The molecule has 0 aromatic rings. The largest absolute Gasteiger partial charge is 0.358 e. The first-order chi connectivity index (χ1) is 6.15. The zero-order valence-electron chi connectivity index (χ0n) is 8.42. The molecule has 0 spiro atoms. The Morgan fingerprint density at radius 1 is 1.62 bits per heavy atom. The van der Waals surface area contributed by atoms with Crippen molar-refractivity contribution in [3.63, 3.8) is 0 Å². The van der Waals surface area contributed by atoms with Gasteiger partial charge >= 0.3 is 0 Å². The van der Waals surface area contributed by atoms with E-state index in [1.165, 1.54) is 6.42 Å². The maximum Gasteiger partial charge on any atom is 0.233 e. The molecule has 76 valence electrons. The van der Waals surface area contributed by atoms with Crippen LogP contribution in [0.25, 0.3) is 0 Å². The predicted octanol–water partition coefficient (Wildman–Crippen LogP) is -0.456. The van der Waals surface area contributed by atoms with Gasteiger partial charge < -0.3 is 11.1 Å². The van der Waals surface area contributed by atoms with E-state index in [2.05, 4.69) is 10.2 Å². The van der Waals surface area contributed by atoms with E-state index >= 15 is 0 Å². The minimum absolute atomic E-state index is 0.0570. The second kappa shape index (κ2) is 4.58. The first kappa shape index (κ1) is 10.5. The second-order valence-electron chi connectivity index (χ2n) is 3.75. The maximum atomic E-state index is 11.1. The number of carbonyl (C=O) groups excluding carboxylic acids is 1. The van der Waals surface area contributed by atoms with Gasteiger partial charge in [0.25, 0.3) is 0 Å². The van der Waals surface area contributed by atoms with Gasteiger partial charge in [0.15, 0.2) is 0 Å². The van der Waals surface area contributed by atoms with Crippen molar-refractivity contribution >= 4 is 5.91 Å². The third kappa shape index (κ3) is 2.67. The molecule has 0 heterocycles. The lowest BCUT2D eigenvalue weighted by molar-refractivity contribution is -0.121. The van der Waals surface area contributed by atoms with Gasteiger partial charge in [0.2, 0.25) is 5.91 Å². The highest BCUT2D eigenvalue weighted by Crippen LogP contribution is 2.21.